The van der Waals surface area contributed by atoms with Crippen molar-refractivity contribution in [3.63, 3.8) is 0 Å². The van der Waals surface area contributed by atoms with Gasteiger partial charge in [-0.2, -0.15) is 0 Å². The zero-order valence-corrected chi connectivity index (χ0v) is 10.6. The summed E-state index contributed by atoms with van der Waals surface area (Å²) in [4.78, 5) is 13.1. The first-order valence-corrected chi connectivity index (χ1v) is 6.26. The third-order valence-electron chi connectivity index (χ3n) is 3.44. The van der Waals surface area contributed by atoms with Crippen LogP contribution in [0.2, 0.25) is 0 Å². The summed E-state index contributed by atoms with van der Waals surface area (Å²) in [5.74, 6) is 0.400. The van der Waals surface area contributed by atoms with Gasteiger partial charge in [0.15, 0.2) is 0 Å². The topological polar surface area (TPSA) is 29.5 Å². The van der Waals surface area contributed by atoms with Crippen LogP contribution in [0, 0.1) is 5.82 Å². The summed E-state index contributed by atoms with van der Waals surface area (Å²) in [7, 11) is 1.57. The van der Waals surface area contributed by atoms with Crippen LogP contribution in [-0.2, 0) is 11.3 Å². The molecule has 1 aliphatic rings. The Morgan fingerprint density at radius 3 is 3.06 bits per heavy atom. The molecule has 1 aliphatic heterocycles. The van der Waals surface area contributed by atoms with Gasteiger partial charge in [-0.3, -0.25) is 4.90 Å². The van der Waals surface area contributed by atoms with Crippen molar-refractivity contribution in [1.82, 2.24) is 4.90 Å². The van der Waals surface area contributed by atoms with Crippen LogP contribution >= 0.6 is 0 Å². The Bertz CT molecular complexity index is 422. The molecule has 3 nitrogen and oxygen atoms in total. The number of rotatable bonds is 4. The van der Waals surface area contributed by atoms with Gasteiger partial charge in [0, 0.05) is 12.1 Å². The van der Waals surface area contributed by atoms with E-state index in [2.05, 4.69) is 4.90 Å². The van der Waals surface area contributed by atoms with Crippen LogP contribution in [0.5, 0.6) is 5.75 Å². The predicted octanol–water partition coefficient (Wildman–Crippen LogP) is 2.39. The molecule has 0 aromatic heterocycles. The summed E-state index contributed by atoms with van der Waals surface area (Å²) in [6.07, 6.45) is 4.05. The summed E-state index contributed by atoms with van der Waals surface area (Å²) < 4.78 is 18.5. The lowest BCUT2D eigenvalue weighted by Crippen LogP contribution is -2.39. The van der Waals surface area contributed by atoms with E-state index in [1.54, 1.807) is 13.2 Å². The summed E-state index contributed by atoms with van der Waals surface area (Å²) in [5.41, 5.74) is 0.797. The first-order chi connectivity index (χ1) is 8.74. The van der Waals surface area contributed by atoms with E-state index in [4.69, 9.17) is 4.74 Å². The van der Waals surface area contributed by atoms with Crippen molar-refractivity contribution < 1.29 is 13.9 Å². The fourth-order valence-electron chi connectivity index (χ4n) is 2.46. The summed E-state index contributed by atoms with van der Waals surface area (Å²) in [6, 6.07) is 4.45. The maximum absolute atomic E-state index is 13.3. The van der Waals surface area contributed by atoms with Crippen molar-refractivity contribution in [1.29, 1.82) is 0 Å². The standard InChI is InChI=1S/C14H18FNO2/c1-18-14-6-5-12(15)8-11(14)9-16-7-3-2-4-13(16)10-17/h5-6,8,10,13H,2-4,7,9H2,1H3. The highest BCUT2D eigenvalue weighted by molar-refractivity contribution is 5.57. The van der Waals surface area contributed by atoms with Gasteiger partial charge in [-0.25, -0.2) is 4.39 Å². The molecule has 1 atom stereocenters. The number of hydrogen-bond donors (Lipinski definition) is 0. The van der Waals surface area contributed by atoms with E-state index in [0.717, 1.165) is 37.7 Å². The van der Waals surface area contributed by atoms with Crippen LogP contribution < -0.4 is 4.74 Å². The number of carbonyl (C=O) groups is 1. The van der Waals surface area contributed by atoms with Gasteiger partial charge in [0.05, 0.1) is 13.2 Å². The number of carbonyl (C=O) groups excluding carboxylic acids is 1. The minimum atomic E-state index is -0.273. The quantitative estimate of drug-likeness (QED) is 0.769. The van der Waals surface area contributed by atoms with E-state index in [9.17, 15) is 9.18 Å². The van der Waals surface area contributed by atoms with Gasteiger partial charge < -0.3 is 9.53 Å². The number of halogens is 1. The van der Waals surface area contributed by atoms with Gasteiger partial charge in [0.2, 0.25) is 0 Å². The van der Waals surface area contributed by atoms with Crippen molar-refractivity contribution in [2.45, 2.75) is 31.8 Å². The first kappa shape index (κ1) is 13.0. The highest BCUT2D eigenvalue weighted by atomic mass is 19.1. The number of methoxy groups -OCH3 is 1. The van der Waals surface area contributed by atoms with Crippen LogP contribution in [0.3, 0.4) is 0 Å². The molecule has 1 saturated heterocycles. The van der Waals surface area contributed by atoms with Gasteiger partial charge in [-0.1, -0.05) is 6.42 Å². The highest BCUT2D eigenvalue weighted by Crippen LogP contribution is 2.24. The molecule has 98 valence electrons. The van der Waals surface area contributed by atoms with Crippen LogP contribution in [0.1, 0.15) is 24.8 Å². The molecule has 4 heteroatoms. The van der Waals surface area contributed by atoms with Crippen LogP contribution in [-0.4, -0.2) is 30.9 Å². The van der Waals surface area contributed by atoms with Gasteiger partial charge in [0.1, 0.15) is 17.9 Å². The fourth-order valence-corrected chi connectivity index (χ4v) is 2.46. The van der Waals surface area contributed by atoms with E-state index < -0.39 is 0 Å². The molecule has 0 spiro atoms. The highest BCUT2D eigenvalue weighted by Gasteiger charge is 2.22. The van der Waals surface area contributed by atoms with Gasteiger partial charge in [0.25, 0.3) is 0 Å². The number of aldehydes is 1. The molecule has 0 N–H and O–H groups in total. The van der Waals surface area contributed by atoms with Crippen molar-refractivity contribution in [3.05, 3.63) is 29.6 Å². The van der Waals surface area contributed by atoms with E-state index >= 15 is 0 Å². The number of ether oxygens (including phenoxy) is 1. The Hall–Kier alpha value is -1.42. The number of benzene rings is 1. The van der Waals surface area contributed by atoms with Gasteiger partial charge >= 0.3 is 0 Å². The average Bonchev–Trinajstić information content (AvgIpc) is 2.40. The molecule has 1 fully saturated rings. The fraction of sp³-hybridized carbons (Fsp3) is 0.500. The second-order valence-corrected chi connectivity index (χ2v) is 4.63. The van der Waals surface area contributed by atoms with Crippen molar-refractivity contribution in [3.8, 4) is 5.75 Å². The Balaban J connectivity index is 2.16. The lowest BCUT2D eigenvalue weighted by Gasteiger charge is -2.32. The zero-order valence-electron chi connectivity index (χ0n) is 10.6. The summed E-state index contributed by atoms with van der Waals surface area (Å²) >= 11 is 0. The van der Waals surface area contributed by atoms with Crippen molar-refractivity contribution >= 4 is 6.29 Å². The number of likely N-dealkylation sites (tertiary alicyclic amines) is 1. The second-order valence-electron chi connectivity index (χ2n) is 4.63. The van der Waals surface area contributed by atoms with E-state index in [-0.39, 0.29) is 11.9 Å². The maximum atomic E-state index is 13.3. The normalized spacial score (nSPS) is 20.7. The number of nitrogens with zero attached hydrogens (tertiary/aromatic N) is 1. The van der Waals surface area contributed by atoms with Gasteiger partial charge in [-0.15, -0.1) is 0 Å². The number of piperidine rings is 1. The van der Waals surface area contributed by atoms with Crippen LogP contribution in [0.15, 0.2) is 18.2 Å². The Morgan fingerprint density at radius 1 is 1.50 bits per heavy atom. The molecule has 0 saturated carbocycles. The van der Waals surface area contributed by atoms with Crippen LogP contribution in [0.25, 0.3) is 0 Å². The molecule has 0 radical (unpaired) electrons. The SMILES string of the molecule is COc1ccc(F)cc1CN1CCCCC1C=O. The van der Waals surface area contributed by atoms with Crippen molar-refractivity contribution in [2.75, 3.05) is 13.7 Å². The molecule has 0 bridgehead atoms. The van der Waals surface area contributed by atoms with Crippen LogP contribution in [0.4, 0.5) is 4.39 Å². The number of hydrogen-bond acceptors (Lipinski definition) is 3. The molecule has 1 aromatic carbocycles. The molecule has 2 rings (SSSR count). The average molecular weight is 251 g/mol. The molecule has 0 amide bonds. The molecule has 0 aliphatic carbocycles. The smallest absolute Gasteiger partial charge is 0.137 e. The molecular formula is C14H18FNO2. The Morgan fingerprint density at radius 2 is 2.33 bits per heavy atom. The lowest BCUT2D eigenvalue weighted by molar-refractivity contribution is -0.113. The third kappa shape index (κ3) is 2.88. The minimum absolute atomic E-state index is 0.0493. The monoisotopic (exact) mass is 251 g/mol. The van der Waals surface area contributed by atoms with Gasteiger partial charge in [-0.05, 0) is 37.6 Å². The maximum Gasteiger partial charge on any atom is 0.137 e. The summed E-state index contributed by atoms with van der Waals surface area (Å²) in [5, 5.41) is 0. The lowest BCUT2D eigenvalue weighted by atomic mass is 10.0. The van der Waals surface area contributed by atoms with E-state index in [1.807, 2.05) is 0 Å². The molecule has 1 heterocycles. The summed E-state index contributed by atoms with van der Waals surface area (Å²) in [6.45, 7) is 1.44. The molecule has 1 aromatic rings. The predicted molar refractivity (Wildman–Crippen MR) is 67.1 cm³/mol. The largest absolute Gasteiger partial charge is 0.496 e. The molecule has 18 heavy (non-hydrogen) atoms. The molecular weight excluding hydrogens is 233 g/mol. The van der Waals surface area contributed by atoms with E-state index in [1.165, 1.54) is 12.1 Å². The zero-order chi connectivity index (χ0) is 13.0. The third-order valence-corrected chi connectivity index (χ3v) is 3.44. The second kappa shape index (κ2) is 5.96. The molecule has 1 unspecified atom stereocenters. The van der Waals surface area contributed by atoms with E-state index in [0.29, 0.717) is 12.3 Å². The minimum Gasteiger partial charge on any atom is -0.496 e. The Kier molecular flexibility index (Phi) is 4.31. The van der Waals surface area contributed by atoms with Crippen molar-refractivity contribution in [2.24, 2.45) is 0 Å². The Labute approximate surface area is 107 Å². The first-order valence-electron chi connectivity index (χ1n) is 6.26.